The van der Waals surface area contributed by atoms with Gasteiger partial charge in [0.1, 0.15) is 5.52 Å². The summed E-state index contributed by atoms with van der Waals surface area (Å²) in [6.45, 7) is 1.00. The number of aromatic nitrogens is 2. The van der Waals surface area contributed by atoms with Gasteiger partial charge in [0.25, 0.3) is 5.56 Å². The van der Waals surface area contributed by atoms with Gasteiger partial charge < -0.3 is 20.4 Å². The highest BCUT2D eigenvalue weighted by Gasteiger charge is 2.28. The van der Waals surface area contributed by atoms with Gasteiger partial charge in [0.15, 0.2) is 0 Å². The van der Waals surface area contributed by atoms with Crippen molar-refractivity contribution in [3.8, 4) is 12.3 Å². The maximum Gasteiger partial charge on any atom is 0.337 e. The zero-order valence-electron chi connectivity index (χ0n) is 15.9. The molecule has 1 aliphatic heterocycles. The third-order valence-corrected chi connectivity index (χ3v) is 7.15. The molecule has 9 nitrogen and oxygen atoms in total. The maximum absolute atomic E-state index is 13.3. The van der Waals surface area contributed by atoms with Crippen molar-refractivity contribution in [2.45, 2.75) is 23.8 Å². The van der Waals surface area contributed by atoms with Crippen LogP contribution in [0.1, 0.15) is 23.2 Å². The van der Waals surface area contributed by atoms with Crippen LogP contribution in [0.15, 0.2) is 34.1 Å². The number of rotatable bonds is 6. The van der Waals surface area contributed by atoms with Crippen molar-refractivity contribution < 1.29 is 18.3 Å². The summed E-state index contributed by atoms with van der Waals surface area (Å²) in [6, 6.07) is 4.26. The number of fused-ring (bicyclic) bond motifs is 3. The highest BCUT2D eigenvalue weighted by Crippen LogP contribution is 2.28. The standard InChI is InChI=1S/C20H20N4O5S/c1-2-8-24(11-12-4-3-7-21-12)30(28,29)13-5-6-16-14(9-13)17-15(20(26)27)10-22-18(17)19(25)23-16/h1,5-6,9-10,12,21-22H,3-4,7-8,11H2,(H,23,25)(H,26,27)/t12-/m0/s1. The van der Waals surface area contributed by atoms with Crippen molar-refractivity contribution in [1.29, 1.82) is 0 Å². The molecule has 156 valence electrons. The molecule has 4 rings (SSSR count). The Morgan fingerprint density at radius 2 is 2.17 bits per heavy atom. The molecule has 0 aliphatic carbocycles. The van der Waals surface area contributed by atoms with E-state index in [9.17, 15) is 23.1 Å². The van der Waals surface area contributed by atoms with Gasteiger partial charge in [-0.05, 0) is 37.6 Å². The smallest absolute Gasteiger partial charge is 0.337 e. The van der Waals surface area contributed by atoms with Crippen molar-refractivity contribution in [3.63, 3.8) is 0 Å². The fourth-order valence-electron chi connectivity index (χ4n) is 3.89. The Morgan fingerprint density at radius 1 is 1.37 bits per heavy atom. The lowest BCUT2D eigenvalue weighted by atomic mass is 10.1. The molecular formula is C20H20N4O5S. The number of terminal acetylenes is 1. The third-order valence-electron chi connectivity index (χ3n) is 5.34. The third kappa shape index (κ3) is 3.37. The summed E-state index contributed by atoms with van der Waals surface area (Å²) in [4.78, 5) is 29.2. The molecule has 30 heavy (non-hydrogen) atoms. The molecule has 4 N–H and O–H groups in total. The first kappa shape index (κ1) is 20.2. The number of pyridine rings is 1. The molecule has 1 saturated heterocycles. The second-order valence-corrected chi connectivity index (χ2v) is 9.15. The van der Waals surface area contributed by atoms with E-state index in [1.807, 2.05) is 0 Å². The minimum absolute atomic E-state index is 0.0193. The lowest BCUT2D eigenvalue weighted by Gasteiger charge is -2.23. The fourth-order valence-corrected chi connectivity index (χ4v) is 5.32. The molecule has 0 radical (unpaired) electrons. The average molecular weight is 428 g/mol. The number of hydrogen-bond donors (Lipinski definition) is 4. The summed E-state index contributed by atoms with van der Waals surface area (Å²) < 4.78 is 27.9. The highest BCUT2D eigenvalue weighted by molar-refractivity contribution is 7.89. The quantitative estimate of drug-likeness (QED) is 0.434. The van der Waals surface area contributed by atoms with Crippen LogP contribution in [0.3, 0.4) is 0 Å². The van der Waals surface area contributed by atoms with Crippen LogP contribution in [0.4, 0.5) is 0 Å². The maximum atomic E-state index is 13.3. The molecule has 0 spiro atoms. The number of carbonyl (C=O) groups is 1. The Bertz CT molecular complexity index is 1340. The zero-order chi connectivity index (χ0) is 21.5. The SMILES string of the molecule is C#CCN(C[C@@H]1CCCN1)S(=O)(=O)c1ccc2[nH]c(=O)c3[nH]cc(C(=O)O)c3c2c1. The van der Waals surface area contributed by atoms with Gasteiger partial charge in [-0.15, -0.1) is 6.42 Å². The topological polar surface area (TPSA) is 135 Å². The predicted molar refractivity (Wildman–Crippen MR) is 112 cm³/mol. The summed E-state index contributed by atoms with van der Waals surface area (Å²) in [5.74, 6) is 1.18. The van der Waals surface area contributed by atoms with E-state index in [4.69, 9.17) is 6.42 Å². The van der Waals surface area contributed by atoms with Crippen LogP contribution in [0, 0.1) is 12.3 Å². The van der Waals surface area contributed by atoms with Crippen LogP contribution in [-0.4, -0.2) is 59.4 Å². The Kier molecular flexibility index (Phi) is 5.11. The second-order valence-electron chi connectivity index (χ2n) is 7.21. The Morgan fingerprint density at radius 3 is 2.83 bits per heavy atom. The normalized spacial score (nSPS) is 17.0. The van der Waals surface area contributed by atoms with Crippen LogP contribution in [-0.2, 0) is 10.0 Å². The van der Waals surface area contributed by atoms with Crippen molar-refractivity contribution in [3.05, 3.63) is 40.3 Å². The van der Waals surface area contributed by atoms with E-state index >= 15 is 0 Å². The minimum atomic E-state index is -3.94. The molecule has 1 aromatic carbocycles. The number of nitrogens with zero attached hydrogens (tertiary/aromatic N) is 1. The van der Waals surface area contributed by atoms with Crippen LogP contribution in [0.25, 0.3) is 21.8 Å². The molecule has 0 unspecified atom stereocenters. The van der Waals surface area contributed by atoms with Crippen molar-refractivity contribution in [1.82, 2.24) is 19.6 Å². The number of sulfonamides is 1. The van der Waals surface area contributed by atoms with Gasteiger partial charge in [-0.1, -0.05) is 5.92 Å². The number of carboxylic acids is 1. The van der Waals surface area contributed by atoms with Crippen LogP contribution >= 0.6 is 0 Å². The monoisotopic (exact) mass is 428 g/mol. The van der Waals surface area contributed by atoms with Gasteiger partial charge in [-0.3, -0.25) is 4.79 Å². The van der Waals surface area contributed by atoms with E-state index in [1.54, 1.807) is 0 Å². The second kappa shape index (κ2) is 7.60. The van der Waals surface area contributed by atoms with Gasteiger partial charge in [-0.25, -0.2) is 13.2 Å². The minimum Gasteiger partial charge on any atom is -0.478 e. The van der Waals surface area contributed by atoms with E-state index in [0.29, 0.717) is 10.9 Å². The summed E-state index contributed by atoms with van der Waals surface area (Å²) in [5.41, 5.74) is -0.173. The lowest BCUT2D eigenvalue weighted by molar-refractivity contribution is 0.0699. The molecule has 10 heteroatoms. The Hall–Kier alpha value is -3.13. The fraction of sp³-hybridized carbons (Fsp3) is 0.300. The molecule has 0 saturated carbocycles. The number of hydrogen-bond acceptors (Lipinski definition) is 5. The van der Waals surface area contributed by atoms with Crippen LogP contribution in [0.2, 0.25) is 0 Å². The van der Waals surface area contributed by atoms with Crippen LogP contribution in [0.5, 0.6) is 0 Å². The first-order valence-electron chi connectivity index (χ1n) is 9.40. The summed E-state index contributed by atoms with van der Waals surface area (Å²) >= 11 is 0. The van der Waals surface area contributed by atoms with E-state index < -0.39 is 21.6 Å². The number of aromatic amines is 2. The molecule has 0 bridgehead atoms. The van der Waals surface area contributed by atoms with Crippen molar-refractivity contribution in [2.75, 3.05) is 19.6 Å². The highest BCUT2D eigenvalue weighted by atomic mass is 32.2. The number of H-pyrrole nitrogens is 2. The van der Waals surface area contributed by atoms with Crippen molar-refractivity contribution in [2.24, 2.45) is 0 Å². The van der Waals surface area contributed by atoms with Crippen LogP contribution < -0.4 is 10.9 Å². The van der Waals surface area contributed by atoms with Gasteiger partial charge in [0.05, 0.1) is 17.0 Å². The van der Waals surface area contributed by atoms with Gasteiger partial charge >= 0.3 is 5.97 Å². The number of aromatic carboxylic acids is 1. The summed E-state index contributed by atoms with van der Waals surface area (Å²) in [5, 5.41) is 13.2. The first-order chi connectivity index (χ1) is 14.3. The average Bonchev–Trinajstić information content (AvgIpc) is 3.37. The van der Waals surface area contributed by atoms with Gasteiger partial charge in [0.2, 0.25) is 10.0 Å². The lowest BCUT2D eigenvalue weighted by Crippen LogP contribution is -2.41. The van der Waals surface area contributed by atoms with Crippen molar-refractivity contribution >= 4 is 37.8 Å². The van der Waals surface area contributed by atoms with E-state index in [0.717, 1.165) is 19.4 Å². The molecule has 2 aromatic heterocycles. The predicted octanol–water partition coefficient (Wildman–Crippen LogP) is 1.08. The number of benzene rings is 1. The Labute approximate surface area is 172 Å². The molecule has 1 fully saturated rings. The molecule has 1 aliphatic rings. The largest absolute Gasteiger partial charge is 0.478 e. The summed E-state index contributed by atoms with van der Waals surface area (Å²) in [7, 11) is -3.94. The molecule has 1 atom stereocenters. The molecule has 0 amide bonds. The van der Waals surface area contributed by atoms with Gasteiger partial charge in [0, 0.05) is 35.1 Å². The van der Waals surface area contributed by atoms with E-state index in [2.05, 4.69) is 21.2 Å². The number of carboxylic acid groups (broad SMARTS) is 1. The summed E-state index contributed by atoms with van der Waals surface area (Å²) in [6.07, 6.45) is 8.47. The molecular weight excluding hydrogens is 408 g/mol. The van der Waals surface area contributed by atoms with Gasteiger partial charge in [-0.2, -0.15) is 4.31 Å². The van der Waals surface area contributed by atoms with E-state index in [1.165, 1.54) is 28.7 Å². The molecule has 3 aromatic rings. The Balaban J connectivity index is 1.87. The molecule has 3 heterocycles. The first-order valence-corrected chi connectivity index (χ1v) is 10.8. The van der Waals surface area contributed by atoms with E-state index in [-0.39, 0.29) is 40.5 Å². The number of nitrogens with one attached hydrogen (secondary N) is 3. The zero-order valence-corrected chi connectivity index (χ0v) is 16.8.